The quantitative estimate of drug-likeness (QED) is 0.412. The topological polar surface area (TPSA) is 99.1 Å². The lowest BCUT2D eigenvalue weighted by Crippen LogP contribution is -2.49. The maximum atomic E-state index is 13.8. The van der Waals surface area contributed by atoms with Crippen molar-refractivity contribution in [1.29, 1.82) is 0 Å². The first-order valence-corrected chi connectivity index (χ1v) is 14.7. The van der Waals surface area contributed by atoms with Crippen molar-refractivity contribution in [2.45, 2.75) is 58.7 Å². The number of aliphatic imine (C=N–C) groups is 1. The van der Waals surface area contributed by atoms with E-state index in [1.165, 1.54) is 0 Å². The van der Waals surface area contributed by atoms with Crippen LogP contribution in [0.15, 0.2) is 47.5 Å². The summed E-state index contributed by atoms with van der Waals surface area (Å²) in [4.78, 5) is 33.1. The van der Waals surface area contributed by atoms with Crippen molar-refractivity contribution >= 4 is 51.8 Å². The Morgan fingerprint density at radius 2 is 1.74 bits per heavy atom. The van der Waals surface area contributed by atoms with E-state index in [2.05, 4.69) is 26.1 Å². The molecule has 2 aromatic carbocycles. The van der Waals surface area contributed by atoms with Crippen LogP contribution in [0.2, 0.25) is 10.0 Å². The van der Waals surface area contributed by atoms with Gasteiger partial charge >= 0.3 is 0 Å². The molecular formula is C28H33Cl2N3O4S. The minimum atomic E-state index is -1.96. The van der Waals surface area contributed by atoms with E-state index in [0.717, 1.165) is 31.2 Å². The van der Waals surface area contributed by atoms with Crippen LogP contribution in [0, 0.1) is 11.3 Å². The lowest BCUT2D eigenvalue weighted by molar-refractivity contribution is -0.130. The summed E-state index contributed by atoms with van der Waals surface area (Å²) in [6.07, 6.45) is 3.48. The molecule has 1 saturated carbocycles. The molecule has 1 spiro atoms. The Labute approximate surface area is 236 Å². The lowest BCUT2D eigenvalue weighted by atomic mass is 9.69. The molecule has 1 atom stereocenters. The summed E-state index contributed by atoms with van der Waals surface area (Å²) in [5.74, 6) is 0.0428. The van der Waals surface area contributed by atoms with Crippen molar-refractivity contribution in [2.75, 3.05) is 12.3 Å². The van der Waals surface area contributed by atoms with Gasteiger partial charge in [-0.05, 0) is 72.9 Å². The molecule has 204 valence electrons. The Morgan fingerprint density at radius 1 is 1.13 bits per heavy atom. The fraction of sp³-hybridized carbons (Fsp3) is 0.464. The highest BCUT2D eigenvalue weighted by molar-refractivity contribution is 7.79. The molecule has 7 nitrogen and oxygen atoms in total. The van der Waals surface area contributed by atoms with Crippen LogP contribution in [0.1, 0.15) is 67.9 Å². The van der Waals surface area contributed by atoms with Crippen LogP contribution in [-0.4, -0.2) is 49.1 Å². The first-order valence-electron chi connectivity index (χ1n) is 12.7. The molecule has 38 heavy (non-hydrogen) atoms. The molecule has 0 saturated heterocycles. The molecule has 2 aromatic rings. The van der Waals surface area contributed by atoms with Gasteiger partial charge in [0.1, 0.15) is 11.4 Å². The van der Waals surface area contributed by atoms with E-state index < -0.39 is 16.7 Å². The lowest BCUT2D eigenvalue weighted by Gasteiger charge is -2.44. The van der Waals surface area contributed by atoms with Gasteiger partial charge in [-0.2, -0.15) is 0 Å². The summed E-state index contributed by atoms with van der Waals surface area (Å²) >= 11 is 10.5. The second kappa shape index (κ2) is 11.5. The zero-order valence-corrected chi connectivity index (χ0v) is 24.1. The van der Waals surface area contributed by atoms with Gasteiger partial charge < -0.3 is 14.8 Å². The molecule has 2 aliphatic rings. The van der Waals surface area contributed by atoms with E-state index in [9.17, 15) is 13.8 Å². The number of rotatable bonds is 7. The van der Waals surface area contributed by atoms with Crippen LogP contribution in [-0.2, 0) is 22.4 Å². The van der Waals surface area contributed by atoms with Gasteiger partial charge in [-0.15, -0.1) is 0 Å². The Hall–Kier alpha value is -2.26. The Balaban J connectivity index is 1.58. The third-order valence-corrected chi connectivity index (χ3v) is 8.53. The monoisotopic (exact) mass is 577 g/mol. The summed E-state index contributed by atoms with van der Waals surface area (Å²) < 4.78 is 19.7. The standard InChI is InChI=1S/C28H33Cl2N3O4S/c1-27(2,3)21-8-10-28(11-9-21)32-24(20-14-22(29)16-23(30)15-20)26(35)33(28)17-18-4-6-19(7-5-18)25(34)31-12-13-38(36)37/h4-7,14-16,21H,8-13,17H2,1-3H3,(H,31,34)(H,36,37). The minimum Gasteiger partial charge on any atom is -0.351 e. The summed E-state index contributed by atoms with van der Waals surface area (Å²) in [6.45, 7) is 7.24. The Morgan fingerprint density at radius 3 is 2.29 bits per heavy atom. The maximum Gasteiger partial charge on any atom is 0.274 e. The van der Waals surface area contributed by atoms with E-state index in [1.54, 1.807) is 30.3 Å². The summed E-state index contributed by atoms with van der Waals surface area (Å²) in [5.41, 5.74) is 1.85. The van der Waals surface area contributed by atoms with Crippen molar-refractivity contribution in [3.05, 3.63) is 69.2 Å². The molecule has 0 bridgehead atoms. The second-order valence-electron chi connectivity index (χ2n) is 11.1. The number of carbonyl (C=O) groups excluding carboxylic acids is 2. The van der Waals surface area contributed by atoms with Gasteiger partial charge in [0.05, 0.1) is 5.75 Å². The first kappa shape index (κ1) is 28.7. The van der Waals surface area contributed by atoms with Crippen molar-refractivity contribution in [2.24, 2.45) is 16.3 Å². The number of benzene rings is 2. The third kappa shape index (κ3) is 6.47. The second-order valence-corrected chi connectivity index (χ2v) is 13.0. The molecule has 2 N–H and O–H groups in total. The Bertz CT molecular complexity index is 1250. The minimum absolute atomic E-state index is 0.0286. The third-order valence-electron chi connectivity index (χ3n) is 7.54. The fourth-order valence-corrected chi connectivity index (χ4v) is 6.16. The van der Waals surface area contributed by atoms with Crippen LogP contribution < -0.4 is 5.32 Å². The number of nitrogens with one attached hydrogen (secondary N) is 1. The van der Waals surface area contributed by atoms with E-state index in [4.69, 9.17) is 32.7 Å². The Kier molecular flexibility index (Phi) is 8.67. The van der Waals surface area contributed by atoms with E-state index >= 15 is 0 Å². The van der Waals surface area contributed by atoms with Crippen LogP contribution in [0.4, 0.5) is 0 Å². The molecule has 1 fully saturated rings. The SMILES string of the molecule is CC(C)(C)C1CCC2(CC1)N=C(c1cc(Cl)cc(Cl)c1)C(=O)N2Cc1ccc(C(=O)NCCS(=O)O)cc1. The molecular weight excluding hydrogens is 545 g/mol. The van der Waals surface area contributed by atoms with E-state index in [1.807, 2.05) is 17.0 Å². The molecule has 2 amide bonds. The van der Waals surface area contributed by atoms with Crippen molar-refractivity contribution in [1.82, 2.24) is 10.2 Å². The number of hydrogen-bond donors (Lipinski definition) is 2. The van der Waals surface area contributed by atoms with Crippen molar-refractivity contribution in [3.8, 4) is 0 Å². The zero-order valence-electron chi connectivity index (χ0n) is 21.8. The molecule has 10 heteroatoms. The van der Waals surface area contributed by atoms with Gasteiger partial charge in [0.25, 0.3) is 11.8 Å². The predicted molar refractivity (Wildman–Crippen MR) is 152 cm³/mol. The van der Waals surface area contributed by atoms with Crippen LogP contribution in [0.25, 0.3) is 0 Å². The van der Waals surface area contributed by atoms with Crippen molar-refractivity contribution < 1.29 is 18.4 Å². The van der Waals surface area contributed by atoms with Crippen LogP contribution in [0.5, 0.6) is 0 Å². The van der Waals surface area contributed by atoms with Gasteiger partial charge in [0.2, 0.25) is 0 Å². The van der Waals surface area contributed by atoms with Crippen LogP contribution in [0.3, 0.4) is 0 Å². The maximum absolute atomic E-state index is 13.8. The van der Waals surface area contributed by atoms with E-state index in [-0.39, 0.29) is 29.5 Å². The molecule has 1 heterocycles. The number of nitrogens with zero attached hydrogens (tertiary/aromatic N) is 2. The predicted octanol–water partition coefficient (Wildman–Crippen LogP) is 5.71. The molecule has 4 rings (SSSR count). The normalized spacial score (nSPS) is 22.5. The zero-order chi connectivity index (χ0) is 27.7. The highest BCUT2D eigenvalue weighted by Crippen LogP contribution is 2.47. The van der Waals surface area contributed by atoms with Crippen LogP contribution >= 0.6 is 23.2 Å². The van der Waals surface area contributed by atoms with Crippen molar-refractivity contribution in [3.63, 3.8) is 0 Å². The number of halogens is 2. The van der Waals surface area contributed by atoms with E-state index in [0.29, 0.717) is 39.3 Å². The van der Waals surface area contributed by atoms with Gasteiger partial charge in [0.15, 0.2) is 11.1 Å². The first-order chi connectivity index (χ1) is 17.9. The van der Waals surface area contributed by atoms with Gasteiger partial charge in [-0.25, -0.2) is 4.21 Å². The largest absolute Gasteiger partial charge is 0.351 e. The number of amides is 2. The highest BCUT2D eigenvalue weighted by Gasteiger charge is 2.50. The summed E-state index contributed by atoms with van der Waals surface area (Å²) in [5, 5.41) is 3.53. The average molecular weight is 579 g/mol. The average Bonchev–Trinajstić information content (AvgIpc) is 3.09. The fourth-order valence-electron chi connectivity index (χ4n) is 5.36. The summed E-state index contributed by atoms with van der Waals surface area (Å²) in [6, 6.07) is 12.1. The van der Waals surface area contributed by atoms with Gasteiger partial charge in [-0.1, -0.05) is 56.1 Å². The summed E-state index contributed by atoms with van der Waals surface area (Å²) in [7, 11) is 0. The van der Waals surface area contributed by atoms with Gasteiger partial charge in [-0.3, -0.25) is 14.6 Å². The molecule has 0 radical (unpaired) electrons. The van der Waals surface area contributed by atoms with Gasteiger partial charge in [0, 0.05) is 34.3 Å². The molecule has 0 aromatic heterocycles. The number of carbonyl (C=O) groups is 2. The number of hydrogen-bond acceptors (Lipinski definition) is 4. The smallest absolute Gasteiger partial charge is 0.274 e. The molecule has 1 aliphatic heterocycles. The molecule has 1 aliphatic carbocycles. The highest BCUT2D eigenvalue weighted by atomic mass is 35.5. The molecule has 1 unspecified atom stereocenters.